The van der Waals surface area contributed by atoms with Gasteiger partial charge < -0.3 is 16.0 Å². The Balaban J connectivity index is 0.00000208. The molecule has 1 aliphatic carbocycles. The molecule has 0 radical (unpaired) electrons. The molecule has 3 rings (SSSR count). The second-order valence-electron chi connectivity index (χ2n) is 5.44. The lowest BCUT2D eigenvalue weighted by atomic mass is 10.4. The van der Waals surface area contributed by atoms with Gasteiger partial charge in [0.15, 0.2) is 17.4 Å². The van der Waals surface area contributed by atoms with Gasteiger partial charge in [0.2, 0.25) is 5.91 Å². The number of nitrogens with zero attached hydrogens (tertiary/aromatic N) is 4. The van der Waals surface area contributed by atoms with Gasteiger partial charge in [-0.25, -0.2) is 4.99 Å². The molecule has 1 fully saturated rings. The molecule has 2 aromatic rings. The van der Waals surface area contributed by atoms with Crippen molar-refractivity contribution in [2.45, 2.75) is 32.4 Å². The zero-order chi connectivity index (χ0) is 16.1. The molecule has 1 amide bonds. The Morgan fingerprint density at radius 1 is 1.33 bits per heavy atom. The number of carbonyl (C=O) groups excluding carboxylic acids is 1. The van der Waals surface area contributed by atoms with Crippen LogP contribution in [0.2, 0.25) is 0 Å². The largest absolute Gasteiger partial charge is 0.357 e. The van der Waals surface area contributed by atoms with E-state index in [-0.39, 0.29) is 36.4 Å². The molecular weight excluding hydrogens is 421 g/mol. The molecular formula is C15H22IN7O. The second-order valence-corrected chi connectivity index (χ2v) is 5.44. The number of hydrogen-bond donors (Lipinski definition) is 3. The number of halogens is 1. The summed E-state index contributed by atoms with van der Waals surface area (Å²) in [5.74, 6) is 1.33. The number of pyridine rings is 1. The molecule has 9 heteroatoms. The zero-order valence-corrected chi connectivity index (χ0v) is 15.9. The Labute approximate surface area is 157 Å². The van der Waals surface area contributed by atoms with Crippen molar-refractivity contribution in [1.82, 2.24) is 30.5 Å². The Bertz CT molecular complexity index is 711. The minimum absolute atomic E-state index is 0. The van der Waals surface area contributed by atoms with Gasteiger partial charge in [-0.3, -0.25) is 9.20 Å². The fourth-order valence-electron chi connectivity index (χ4n) is 2.16. The van der Waals surface area contributed by atoms with E-state index in [0.717, 1.165) is 30.9 Å². The van der Waals surface area contributed by atoms with Crippen molar-refractivity contribution in [2.24, 2.45) is 4.99 Å². The molecule has 1 saturated carbocycles. The molecule has 0 atom stereocenters. The van der Waals surface area contributed by atoms with E-state index in [1.807, 2.05) is 35.7 Å². The first-order chi connectivity index (χ1) is 11.3. The highest BCUT2D eigenvalue weighted by Gasteiger charge is 2.22. The molecule has 8 nitrogen and oxygen atoms in total. The van der Waals surface area contributed by atoms with Crippen LogP contribution in [0.4, 0.5) is 0 Å². The summed E-state index contributed by atoms with van der Waals surface area (Å²) in [6.45, 7) is 3.29. The van der Waals surface area contributed by atoms with E-state index in [1.54, 1.807) is 0 Å². The highest BCUT2D eigenvalue weighted by atomic mass is 127. The van der Waals surface area contributed by atoms with Crippen LogP contribution in [0.25, 0.3) is 5.65 Å². The summed E-state index contributed by atoms with van der Waals surface area (Å²) in [4.78, 5) is 16.2. The lowest BCUT2D eigenvalue weighted by Crippen LogP contribution is -2.43. The third kappa shape index (κ3) is 5.05. The summed E-state index contributed by atoms with van der Waals surface area (Å²) in [6.07, 6.45) is 4.07. The summed E-state index contributed by atoms with van der Waals surface area (Å²) in [7, 11) is 0. The Kier molecular flexibility index (Phi) is 6.76. The van der Waals surface area contributed by atoms with Gasteiger partial charge in [-0.1, -0.05) is 6.07 Å². The third-order valence-electron chi connectivity index (χ3n) is 3.47. The van der Waals surface area contributed by atoms with E-state index in [4.69, 9.17) is 0 Å². The number of guanidine groups is 1. The van der Waals surface area contributed by atoms with Crippen molar-refractivity contribution < 1.29 is 4.79 Å². The van der Waals surface area contributed by atoms with Gasteiger partial charge in [0.25, 0.3) is 0 Å². The number of hydrogen-bond acceptors (Lipinski definition) is 4. The minimum Gasteiger partial charge on any atom is -0.357 e. The average Bonchev–Trinajstić information content (AvgIpc) is 3.27. The van der Waals surface area contributed by atoms with E-state index in [0.29, 0.717) is 18.5 Å². The molecule has 0 spiro atoms. The first-order valence-corrected chi connectivity index (χ1v) is 7.86. The fraction of sp³-hybridized carbons (Fsp3) is 0.467. The van der Waals surface area contributed by atoms with Crippen LogP contribution in [0, 0.1) is 0 Å². The van der Waals surface area contributed by atoms with Gasteiger partial charge in [0.1, 0.15) is 6.54 Å². The number of fused-ring (bicyclic) bond motifs is 1. The molecule has 2 heterocycles. The topological polar surface area (TPSA) is 95.7 Å². The van der Waals surface area contributed by atoms with Gasteiger partial charge in [0, 0.05) is 18.8 Å². The highest BCUT2D eigenvalue weighted by Crippen LogP contribution is 2.18. The van der Waals surface area contributed by atoms with Gasteiger partial charge >= 0.3 is 0 Å². The number of rotatable bonds is 6. The molecule has 2 aromatic heterocycles. The predicted molar refractivity (Wildman–Crippen MR) is 102 cm³/mol. The van der Waals surface area contributed by atoms with E-state index >= 15 is 0 Å². The van der Waals surface area contributed by atoms with Crippen LogP contribution < -0.4 is 16.0 Å². The summed E-state index contributed by atoms with van der Waals surface area (Å²) in [5, 5.41) is 17.3. The maximum absolute atomic E-state index is 11.7. The van der Waals surface area contributed by atoms with E-state index < -0.39 is 0 Å². The van der Waals surface area contributed by atoms with Crippen LogP contribution in [0.3, 0.4) is 0 Å². The van der Waals surface area contributed by atoms with Crippen molar-refractivity contribution in [2.75, 3.05) is 13.1 Å². The van der Waals surface area contributed by atoms with Crippen LogP contribution >= 0.6 is 24.0 Å². The lowest BCUT2D eigenvalue weighted by molar-refractivity contribution is -0.120. The Morgan fingerprint density at radius 2 is 2.17 bits per heavy atom. The third-order valence-corrected chi connectivity index (χ3v) is 3.47. The van der Waals surface area contributed by atoms with Crippen LogP contribution in [-0.2, 0) is 11.3 Å². The van der Waals surface area contributed by atoms with E-state index in [2.05, 4.69) is 31.1 Å². The van der Waals surface area contributed by atoms with Crippen LogP contribution in [-0.4, -0.2) is 45.6 Å². The van der Waals surface area contributed by atoms with Crippen molar-refractivity contribution in [1.29, 1.82) is 0 Å². The van der Waals surface area contributed by atoms with Crippen LogP contribution in [0.15, 0.2) is 29.4 Å². The number of aromatic nitrogens is 3. The Hall–Kier alpha value is -1.91. The first kappa shape index (κ1) is 18.4. The standard InChI is InChI=1S/C15H21N7O.HI/c1-2-16-15(18-10-14(23)19-11-6-7-11)17-9-13-21-20-12-5-3-4-8-22(12)13;/h3-5,8,11H,2,6-7,9-10H2,1H3,(H,19,23)(H2,16,17,18);1H. The predicted octanol–water partition coefficient (Wildman–Crippen LogP) is 0.681. The Morgan fingerprint density at radius 3 is 2.92 bits per heavy atom. The quantitative estimate of drug-likeness (QED) is 0.347. The van der Waals surface area contributed by atoms with Gasteiger partial charge in [-0.15, -0.1) is 34.2 Å². The van der Waals surface area contributed by atoms with E-state index in [1.165, 1.54) is 0 Å². The number of carbonyl (C=O) groups is 1. The molecule has 0 aromatic carbocycles. The van der Waals surface area contributed by atoms with E-state index in [9.17, 15) is 4.79 Å². The SMILES string of the molecule is CCNC(=NCc1nnc2ccccn12)NCC(=O)NC1CC1.I. The van der Waals surface area contributed by atoms with Crippen molar-refractivity contribution in [3.63, 3.8) is 0 Å². The summed E-state index contributed by atoms with van der Waals surface area (Å²) >= 11 is 0. The maximum atomic E-state index is 11.7. The minimum atomic E-state index is -0.00830. The highest BCUT2D eigenvalue weighted by molar-refractivity contribution is 14.0. The molecule has 0 bridgehead atoms. The lowest BCUT2D eigenvalue weighted by Gasteiger charge is -2.11. The molecule has 0 saturated heterocycles. The smallest absolute Gasteiger partial charge is 0.239 e. The maximum Gasteiger partial charge on any atom is 0.239 e. The average molecular weight is 443 g/mol. The van der Waals surface area contributed by atoms with Crippen molar-refractivity contribution in [3.8, 4) is 0 Å². The number of nitrogens with one attached hydrogen (secondary N) is 3. The number of aliphatic imine (C=N–C) groups is 1. The zero-order valence-electron chi connectivity index (χ0n) is 13.5. The van der Waals surface area contributed by atoms with Gasteiger partial charge in [-0.2, -0.15) is 0 Å². The number of amides is 1. The normalized spacial score (nSPS) is 14.1. The summed E-state index contributed by atoms with van der Waals surface area (Å²) in [5.41, 5.74) is 0.791. The second kappa shape index (κ2) is 8.81. The van der Waals surface area contributed by atoms with Crippen LogP contribution in [0.1, 0.15) is 25.6 Å². The first-order valence-electron chi connectivity index (χ1n) is 7.86. The molecule has 0 aliphatic heterocycles. The van der Waals surface area contributed by atoms with Gasteiger partial charge in [-0.05, 0) is 31.9 Å². The van der Waals surface area contributed by atoms with Crippen LogP contribution in [0.5, 0.6) is 0 Å². The van der Waals surface area contributed by atoms with Crippen molar-refractivity contribution in [3.05, 3.63) is 30.2 Å². The fourth-order valence-corrected chi connectivity index (χ4v) is 2.16. The molecule has 24 heavy (non-hydrogen) atoms. The molecule has 130 valence electrons. The molecule has 0 unspecified atom stereocenters. The van der Waals surface area contributed by atoms with Crippen molar-refractivity contribution >= 4 is 41.5 Å². The molecule has 3 N–H and O–H groups in total. The van der Waals surface area contributed by atoms with Gasteiger partial charge in [0.05, 0.1) is 6.54 Å². The monoisotopic (exact) mass is 443 g/mol. The summed E-state index contributed by atoms with van der Waals surface area (Å²) in [6, 6.07) is 6.11. The summed E-state index contributed by atoms with van der Waals surface area (Å²) < 4.78 is 1.90. The molecule has 1 aliphatic rings.